The first-order valence-corrected chi connectivity index (χ1v) is 4.08. The summed E-state index contributed by atoms with van der Waals surface area (Å²) in [6.07, 6.45) is 0. The minimum atomic E-state index is 0.0615. The lowest BCUT2D eigenvalue weighted by molar-refractivity contribution is 0.271. The Kier molecular flexibility index (Phi) is 3.26. The lowest BCUT2D eigenvalue weighted by Crippen LogP contribution is -1.99. The second-order valence-electron chi connectivity index (χ2n) is 2.99. The molecule has 0 aliphatic rings. The molecule has 2 heteroatoms. The lowest BCUT2D eigenvalue weighted by atomic mass is 10.0. The van der Waals surface area contributed by atoms with Crippen LogP contribution in [0.3, 0.4) is 0 Å². The van der Waals surface area contributed by atoms with Gasteiger partial charge in [0.05, 0.1) is 6.61 Å². The van der Waals surface area contributed by atoms with Gasteiger partial charge in [-0.1, -0.05) is 31.2 Å². The van der Waals surface area contributed by atoms with Crippen LogP contribution in [0.15, 0.2) is 24.3 Å². The molecule has 1 aromatic carbocycles. The van der Waals surface area contributed by atoms with Crippen molar-refractivity contribution in [3.8, 4) is 0 Å². The van der Waals surface area contributed by atoms with Crippen molar-refractivity contribution in [3.63, 3.8) is 0 Å². The summed E-state index contributed by atoms with van der Waals surface area (Å²) in [6.45, 7) is 2.16. The van der Waals surface area contributed by atoms with Crippen LogP contribution in [0.2, 0.25) is 0 Å². The van der Waals surface area contributed by atoms with E-state index in [1.807, 2.05) is 31.2 Å². The first kappa shape index (κ1) is 9.23. The highest BCUT2D eigenvalue weighted by Gasteiger charge is 2.03. The molecule has 0 bridgehead atoms. The van der Waals surface area contributed by atoms with Crippen LogP contribution in [0.5, 0.6) is 0 Å². The normalized spacial score (nSPS) is 12.9. The zero-order chi connectivity index (χ0) is 8.97. The van der Waals surface area contributed by atoms with E-state index < -0.39 is 0 Å². The Morgan fingerprint density at radius 2 is 2.08 bits per heavy atom. The molecule has 0 spiro atoms. The first-order chi connectivity index (χ1) is 5.77. The Morgan fingerprint density at radius 3 is 2.67 bits per heavy atom. The second-order valence-corrected chi connectivity index (χ2v) is 2.99. The van der Waals surface area contributed by atoms with E-state index in [-0.39, 0.29) is 19.1 Å². The smallest absolute Gasteiger partial charge is 0.0681 e. The molecule has 0 aromatic heterocycles. The van der Waals surface area contributed by atoms with E-state index in [9.17, 15) is 0 Å². The van der Waals surface area contributed by atoms with Crippen LogP contribution < -0.4 is 0 Å². The Labute approximate surface area is 72.5 Å². The molecule has 66 valence electrons. The van der Waals surface area contributed by atoms with Gasteiger partial charge in [-0.3, -0.25) is 0 Å². The summed E-state index contributed by atoms with van der Waals surface area (Å²) in [6, 6.07) is 7.64. The predicted molar refractivity (Wildman–Crippen MR) is 47.9 cm³/mol. The summed E-state index contributed by atoms with van der Waals surface area (Å²) in [7, 11) is 0. The molecule has 0 amide bonds. The molecule has 2 nitrogen and oxygen atoms in total. The highest BCUT2D eigenvalue weighted by Crippen LogP contribution is 2.15. The summed E-state index contributed by atoms with van der Waals surface area (Å²) in [5.41, 5.74) is 1.97. The van der Waals surface area contributed by atoms with Crippen molar-refractivity contribution in [2.45, 2.75) is 19.4 Å². The number of benzene rings is 1. The fraction of sp³-hybridized carbons (Fsp3) is 0.400. The maximum absolute atomic E-state index is 8.89. The maximum atomic E-state index is 8.89. The average Bonchev–Trinajstić information content (AvgIpc) is 2.17. The van der Waals surface area contributed by atoms with E-state index in [1.165, 1.54) is 0 Å². The Bertz CT molecular complexity index is 245. The monoisotopic (exact) mass is 166 g/mol. The lowest BCUT2D eigenvalue weighted by Gasteiger charge is -2.08. The SMILES string of the molecule is CC(CO)c1cccc(CO)c1. The molecular formula is C10H14O2. The minimum Gasteiger partial charge on any atom is -0.396 e. The van der Waals surface area contributed by atoms with Gasteiger partial charge in [-0.15, -0.1) is 0 Å². The van der Waals surface area contributed by atoms with Gasteiger partial charge in [0.1, 0.15) is 0 Å². The van der Waals surface area contributed by atoms with Crippen molar-refractivity contribution >= 4 is 0 Å². The Morgan fingerprint density at radius 1 is 1.33 bits per heavy atom. The predicted octanol–water partition coefficient (Wildman–Crippen LogP) is 1.27. The quantitative estimate of drug-likeness (QED) is 0.710. The van der Waals surface area contributed by atoms with Gasteiger partial charge < -0.3 is 10.2 Å². The number of aliphatic hydroxyl groups excluding tert-OH is 2. The van der Waals surface area contributed by atoms with Crippen LogP contribution in [0, 0.1) is 0 Å². The molecule has 12 heavy (non-hydrogen) atoms. The summed E-state index contributed by atoms with van der Waals surface area (Å²) >= 11 is 0. The zero-order valence-corrected chi connectivity index (χ0v) is 7.20. The van der Waals surface area contributed by atoms with Crippen molar-refractivity contribution in [2.75, 3.05) is 6.61 Å². The van der Waals surface area contributed by atoms with E-state index in [0.717, 1.165) is 11.1 Å². The molecule has 0 radical (unpaired) electrons. The van der Waals surface area contributed by atoms with E-state index in [2.05, 4.69) is 0 Å². The molecule has 0 fully saturated rings. The number of aliphatic hydroxyl groups is 2. The molecule has 0 aliphatic heterocycles. The van der Waals surface area contributed by atoms with Crippen LogP contribution in [0.25, 0.3) is 0 Å². The van der Waals surface area contributed by atoms with Gasteiger partial charge in [-0.05, 0) is 11.1 Å². The van der Waals surface area contributed by atoms with Gasteiger partial charge in [0, 0.05) is 12.5 Å². The van der Waals surface area contributed by atoms with Gasteiger partial charge in [-0.2, -0.15) is 0 Å². The largest absolute Gasteiger partial charge is 0.396 e. The highest BCUT2D eigenvalue weighted by atomic mass is 16.3. The van der Waals surface area contributed by atoms with Gasteiger partial charge in [-0.25, -0.2) is 0 Å². The minimum absolute atomic E-state index is 0.0615. The molecule has 1 atom stereocenters. The van der Waals surface area contributed by atoms with E-state index >= 15 is 0 Å². The molecular weight excluding hydrogens is 152 g/mol. The average molecular weight is 166 g/mol. The molecule has 1 unspecified atom stereocenters. The van der Waals surface area contributed by atoms with Gasteiger partial charge in [0.15, 0.2) is 0 Å². The first-order valence-electron chi connectivity index (χ1n) is 4.08. The maximum Gasteiger partial charge on any atom is 0.0681 e. The topological polar surface area (TPSA) is 40.5 Å². The van der Waals surface area contributed by atoms with Crippen LogP contribution in [-0.2, 0) is 6.61 Å². The third-order valence-electron chi connectivity index (χ3n) is 1.98. The summed E-state index contributed by atoms with van der Waals surface area (Å²) in [4.78, 5) is 0. The van der Waals surface area contributed by atoms with Crippen LogP contribution in [0.1, 0.15) is 24.0 Å². The standard InChI is InChI=1S/C10H14O2/c1-8(6-11)10-4-2-3-9(5-10)7-12/h2-5,8,11-12H,6-7H2,1H3. The van der Waals surface area contributed by atoms with Crippen LogP contribution >= 0.6 is 0 Å². The fourth-order valence-corrected chi connectivity index (χ4v) is 1.10. The van der Waals surface area contributed by atoms with Crippen molar-refractivity contribution in [1.82, 2.24) is 0 Å². The summed E-state index contributed by atoms with van der Waals surface area (Å²) in [5.74, 6) is 0.150. The van der Waals surface area contributed by atoms with Crippen LogP contribution in [0.4, 0.5) is 0 Å². The van der Waals surface area contributed by atoms with Gasteiger partial charge in [0.2, 0.25) is 0 Å². The third kappa shape index (κ3) is 2.06. The van der Waals surface area contributed by atoms with Crippen molar-refractivity contribution < 1.29 is 10.2 Å². The summed E-state index contributed by atoms with van der Waals surface area (Å²) in [5, 5.41) is 17.7. The number of hydrogen-bond acceptors (Lipinski definition) is 2. The molecule has 0 saturated heterocycles. The van der Waals surface area contributed by atoms with Crippen molar-refractivity contribution in [3.05, 3.63) is 35.4 Å². The third-order valence-corrected chi connectivity index (χ3v) is 1.98. The summed E-state index contributed by atoms with van der Waals surface area (Å²) < 4.78 is 0. The molecule has 1 aromatic rings. The highest BCUT2D eigenvalue weighted by molar-refractivity contribution is 5.25. The molecule has 0 saturated carbocycles. The van der Waals surface area contributed by atoms with Crippen molar-refractivity contribution in [1.29, 1.82) is 0 Å². The van der Waals surface area contributed by atoms with E-state index in [4.69, 9.17) is 10.2 Å². The van der Waals surface area contributed by atoms with E-state index in [0.29, 0.717) is 0 Å². The van der Waals surface area contributed by atoms with Gasteiger partial charge in [0.25, 0.3) is 0 Å². The van der Waals surface area contributed by atoms with E-state index in [1.54, 1.807) is 0 Å². The fourth-order valence-electron chi connectivity index (χ4n) is 1.10. The molecule has 0 aliphatic carbocycles. The molecule has 0 heterocycles. The van der Waals surface area contributed by atoms with Crippen LogP contribution in [-0.4, -0.2) is 16.8 Å². The molecule has 2 N–H and O–H groups in total. The van der Waals surface area contributed by atoms with Crippen molar-refractivity contribution in [2.24, 2.45) is 0 Å². The number of rotatable bonds is 3. The zero-order valence-electron chi connectivity index (χ0n) is 7.20. The van der Waals surface area contributed by atoms with Gasteiger partial charge >= 0.3 is 0 Å². The Hall–Kier alpha value is -0.860. The Balaban J connectivity index is 2.86. The second kappa shape index (κ2) is 4.24. The molecule has 1 rings (SSSR count). The number of hydrogen-bond donors (Lipinski definition) is 2.